The van der Waals surface area contributed by atoms with Crippen molar-refractivity contribution in [1.82, 2.24) is 14.8 Å². The monoisotopic (exact) mass is 351 g/mol. The van der Waals surface area contributed by atoms with Gasteiger partial charge in [0, 0.05) is 44.1 Å². The quantitative estimate of drug-likeness (QED) is 0.795. The predicted octanol–water partition coefficient (Wildman–Crippen LogP) is 2.65. The molecule has 1 amide bonds. The second-order valence-corrected chi connectivity index (χ2v) is 7.01. The molecule has 1 aliphatic heterocycles. The minimum Gasteiger partial charge on any atom is -0.336 e. The number of ketones is 1. The SMILES string of the molecule is Cc1cc(C)c(C(=O)CN2CCN(C(=O)c3cccnc3)CC2)c(C)c1. The van der Waals surface area contributed by atoms with Gasteiger partial charge in [0.15, 0.2) is 5.78 Å². The summed E-state index contributed by atoms with van der Waals surface area (Å²) in [7, 11) is 0. The number of hydrogen-bond donors (Lipinski definition) is 0. The van der Waals surface area contributed by atoms with Gasteiger partial charge in [-0.15, -0.1) is 0 Å². The second-order valence-electron chi connectivity index (χ2n) is 7.01. The molecule has 0 saturated carbocycles. The first kappa shape index (κ1) is 18.3. The number of benzene rings is 1. The van der Waals surface area contributed by atoms with Crippen molar-refractivity contribution in [1.29, 1.82) is 0 Å². The standard InChI is InChI=1S/C21H25N3O2/c1-15-11-16(2)20(17(3)12-15)19(25)14-23-7-9-24(10-8-23)21(26)18-5-4-6-22-13-18/h4-6,11-13H,7-10,14H2,1-3H3. The molecule has 2 aromatic rings. The van der Waals surface area contributed by atoms with Crippen molar-refractivity contribution >= 4 is 11.7 Å². The molecule has 0 N–H and O–H groups in total. The zero-order valence-electron chi connectivity index (χ0n) is 15.7. The van der Waals surface area contributed by atoms with Crippen molar-refractivity contribution < 1.29 is 9.59 Å². The number of carbonyl (C=O) groups excluding carboxylic acids is 2. The molecular weight excluding hydrogens is 326 g/mol. The van der Waals surface area contributed by atoms with Gasteiger partial charge in [0.1, 0.15) is 0 Å². The van der Waals surface area contributed by atoms with Gasteiger partial charge in [-0.25, -0.2) is 0 Å². The third-order valence-corrected chi connectivity index (χ3v) is 4.89. The highest BCUT2D eigenvalue weighted by Crippen LogP contribution is 2.18. The van der Waals surface area contributed by atoms with Crippen LogP contribution >= 0.6 is 0 Å². The van der Waals surface area contributed by atoms with Crippen LogP contribution in [0.25, 0.3) is 0 Å². The van der Waals surface area contributed by atoms with Crippen LogP contribution in [0.1, 0.15) is 37.4 Å². The topological polar surface area (TPSA) is 53.5 Å². The maximum atomic E-state index is 12.8. The fourth-order valence-electron chi connectivity index (χ4n) is 3.68. The summed E-state index contributed by atoms with van der Waals surface area (Å²) >= 11 is 0. The van der Waals surface area contributed by atoms with Gasteiger partial charge in [0.05, 0.1) is 12.1 Å². The maximum Gasteiger partial charge on any atom is 0.255 e. The number of Topliss-reactive ketones (excluding diaryl/α,β-unsaturated/α-hetero) is 1. The lowest BCUT2D eigenvalue weighted by atomic mass is 9.96. The van der Waals surface area contributed by atoms with Crippen LogP contribution in [0.2, 0.25) is 0 Å². The maximum absolute atomic E-state index is 12.8. The Kier molecular flexibility index (Phi) is 5.47. The van der Waals surface area contributed by atoms with E-state index < -0.39 is 0 Å². The molecule has 1 saturated heterocycles. The van der Waals surface area contributed by atoms with Gasteiger partial charge in [-0.1, -0.05) is 17.7 Å². The summed E-state index contributed by atoms with van der Waals surface area (Å²) in [5, 5.41) is 0. The van der Waals surface area contributed by atoms with Crippen molar-refractivity contribution in [2.45, 2.75) is 20.8 Å². The molecule has 1 fully saturated rings. The summed E-state index contributed by atoms with van der Waals surface area (Å²) in [5.74, 6) is 0.168. The van der Waals surface area contributed by atoms with Crippen molar-refractivity contribution in [3.63, 3.8) is 0 Å². The van der Waals surface area contributed by atoms with E-state index in [1.165, 1.54) is 5.56 Å². The van der Waals surface area contributed by atoms with Crippen LogP contribution in [-0.2, 0) is 0 Å². The van der Waals surface area contributed by atoms with E-state index in [9.17, 15) is 9.59 Å². The van der Waals surface area contributed by atoms with Crippen LogP contribution in [0.15, 0.2) is 36.7 Å². The lowest BCUT2D eigenvalue weighted by Gasteiger charge is -2.34. The average molecular weight is 351 g/mol. The first-order valence-electron chi connectivity index (χ1n) is 8.98. The Morgan fingerprint density at radius 1 is 1.04 bits per heavy atom. The lowest BCUT2D eigenvalue weighted by Crippen LogP contribution is -2.50. The molecule has 0 unspecified atom stereocenters. The molecule has 1 aromatic carbocycles. The highest BCUT2D eigenvalue weighted by molar-refractivity contribution is 6.00. The van der Waals surface area contributed by atoms with Crippen molar-refractivity contribution in [3.05, 3.63) is 64.5 Å². The van der Waals surface area contributed by atoms with E-state index >= 15 is 0 Å². The van der Waals surface area contributed by atoms with E-state index in [0.717, 1.165) is 16.7 Å². The first-order valence-corrected chi connectivity index (χ1v) is 8.98. The zero-order valence-corrected chi connectivity index (χ0v) is 15.7. The van der Waals surface area contributed by atoms with Crippen molar-refractivity contribution in [2.24, 2.45) is 0 Å². The highest BCUT2D eigenvalue weighted by Gasteiger charge is 2.24. The van der Waals surface area contributed by atoms with Gasteiger partial charge in [-0.05, 0) is 44.0 Å². The molecule has 0 bridgehead atoms. The summed E-state index contributed by atoms with van der Waals surface area (Å²) in [4.78, 5) is 33.2. The van der Waals surface area contributed by atoms with Crippen LogP contribution in [0.3, 0.4) is 0 Å². The number of rotatable bonds is 4. The molecule has 1 aliphatic rings. The van der Waals surface area contributed by atoms with E-state index in [2.05, 4.69) is 22.0 Å². The third-order valence-electron chi connectivity index (χ3n) is 4.89. The second kappa shape index (κ2) is 7.79. The molecule has 3 rings (SSSR count). The van der Waals surface area contributed by atoms with E-state index in [-0.39, 0.29) is 11.7 Å². The Morgan fingerprint density at radius 3 is 2.27 bits per heavy atom. The molecule has 0 spiro atoms. The fourth-order valence-corrected chi connectivity index (χ4v) is 3.68. The zero-order chi connectivity index (χ0) is 18.7. The van der Waals surface area contributed by atoms with Gasteiger partial charge in [-0.3, -0.25) is 19.5 Å². The minimum atomic E-state index is 0.00861. The molecule has 26 heavy (non-hydrogen) atoms. The third kappa shape index (κ3) is 3.99. The first-order chi connectivity index (χ1) is 12.5. The number of aromatic nitrogens is 1. The Hall–Kier alpha value is -2.53. The van der Waals surface area contributed by atoms with E-state index in [1.54, 1.807) is 24.5 Å². The number of pyridine rings is 1. The van der Waals surface area contributed by atoms with Crippen LogP contribution in [0.4, 0.5) is 0 Å². The fraction of sp³-hybridized carbons (Fsp3) is 0.381. The molecule has 5 heteroatoms. The molecule has 2 heterocycles. The van der Waals surface area contributed by atoms with Crippen LogP contribution in [0, 0.1) is 20.8 Å². The van der Waals surface area contributed by atoms with Crippen LogP contribution in [-0.4, -0.2) is 59.2 Å². The minimum absolute atomic E-state index is 0.00861. The molecule has 1 aromatic heterocycles. The molecule has 5 nitrogen and oxygen atoms in total. The van der Waals surface area contributed by atoms with E-state index in [1.807, 2.05) is 25.7 Å². The number of piperazine rings is 1. The molecule has 0 atom stereocenters. The highest BCUT2D eigenvalue weighted by atomic mass is 16.2. The number of hydrogen-bond acceptors (Lipinski definition) is 4. The lowest BCUT2D eigenvalue weighted by molar-refractivity contribution is 0.0624. The van der Waals surface area contributed by atoms with E-state index in [4.69, 9.17) is 0 Å². The molecule has 0 radical (unpaired) electrons. The van der Waals surface area contributed by atoms with Gasteiger partial charge >= 0.3 is 0 Å². The Bertz CT molecular complexity index is 786. The predicted molar refractivity (Wildman–Crippen MR) is 102 cm³/mol. The number of carbonyl (C=O) groups is 2. The number of nitrogens with zero attached hydrogens (tertiary/aromatic N) is 3. The Labute approximate surface area is 154 Å². The molecule has 0 aliphatic carbocycles. The smallest absolute Gasteiger partial charge is 0.255 e. The summed E-state index contributed by atoms with van der Waals surface area (Å²) < 4.78 is 0. The van der Waals surface area contributed by atoms with E-state index in [0.29, 0.717) is 38.3 Å². The van der Waals surface area contributed by atoms with Gasteiger partial charge in [0.2, 0.25) is 0 Å². The van der Waals surface area contributed by atoms with Gasteiger partial charge < -0.3 is 4.90 Å². The largest absolute Gasteiger partial charge is 0.336 e. The molecule has 136 valence electrons. The summed E-state index contributed by atoms with van der Waals surface area (Å²) in [5.41, 5.74) is 4.71. The Balaban J connectivity index is 1.59. The number of aryl methyl sites for hydroxylation is 3. The summed E-state index contributed by atoms with van der Waals surface area (Å²) in [6, 6.07) is 7.68. The van der Waals surface area contributed by atoms with Crippen molar-refractivity contribution in [3.8, 4) is 0 Å². The van der Waals surface area contributed by atoms with Gasteiger partial charge in [0.25, 0.3) is 5.91 Å². The Morgan fingerprint density at radius 2 is 1.69 bits per heavy atom. The summed E-state index contributed by atoms with van der Waals surface area (Å²) in [6.07, 6.45) is 3.26. The summed E-state index contributed by atoms with van der Waals surface area (Å²) in [6.45, 7) is 9.13. The van der Waals surface area contributed by atoms with Crippen LogP contribution < -0.4 is 0 Å². The van der Waals surface area contributed by atoms with Crippen molar-refractivity contribution in [2.75, 3.05) is 32.7 Å². The normalized spacial score (nSPS) is 15.1. The average Bonchev–Trinajstić information content (AvgIpc) is 2.61. The molecular formula is C21H25N3O2. The van der Waals surface area contributed by atoms with Crippen LogP contribution in [0.5, 0.6) is 0 Å². The number of amides is 1. The van der Waals surface area contributed by atoms with Gasteiger partial charge in [-0.2, -0.15) is 0 Å².